The van der Waals surface area contributed by atoms with Crippen molar-refractivity contribution >= 4 is 18.0 Å². The van der Waals surface area contributed by atoms with Gasteiger partial charge in [0.1, 0.15) is 11.4 Å². The summed E-state index contributed by atoms with van der Waals surface area (Å²) in [5, 5.41) is 5.53. The molecule has 5 rings (SSSR count). The molecular formula is C29H23F3N4O4. The van der Waals surface area contributed by atoms with Crippen LogP contribution in [0.5, 0.6) is 5.75 Å². The van der Waals surface area contributed by atoms with Gasteiger partial charge in [-0.1, -0.05) is 42.0 Å². The molecule has 1 aromatic heterocycles. The lowest BCUT2D eigenvalue weighted by Gasteiger charge is -2.13. The van der Waals surface area contributed by atoms with E-state index < -0.39 is 29.2 Å². The van der Waals surface area contributed by atoms with E-state index in [0.29, 0.717) is 22.7 Å². The van der Waals surface area contributed by atoms with Gasteiger partial charge in [-0.2, -0.15) is 13.2 Å². The zero-order chi connectivity index (χ0) is 28.6. The number of aryl methyl sites for hydroxylation is 1. The summed E-state index contributed by atoms with van der Waals surface area (Å²) in [6.07, 6.45) is -3.31. The summed E-state index contributed by atoms with van der Waals surface area (Å²) < 4.78 is 46.2. The fourth-order valence-electron chi connectivity index (χ4n) is 4.40. The summed E-state index contributed by atoms with van der Waals surface area (Å²) in [5.74, 6) is -0.316. The van der Waals surface area contributed by atoms with Crippen molar-refractivity contribution in [2.45, 2.75) is 19.6 Å². The fraction of sp³-hybridized carbons (Fsp3) is 0.138. The molecule has 0 atom stereocenters. The van der Waals surface area contributed by atoms with Crippen LogP contribution in [-0.2, 0) is 17.5 Å². The van der Waals surface area contributed by atoms with Crippen LogP contribution in [0.25, 0.3) is 23.0 Å². The zero-order valence-corrected chi connectivity index (χ0v) is 21.4. The van der Waals surface area contributed by atoms with Crippen molar-refractivity contribution < 1.29 is 27.5 Å². The Labute approximate surface area is 226 Å². The quantitative estimate of drug-likeness (QED) is 0.254. The van der Waals surface area contributed by atoms with Crippen LogP contribution in [0.15, 0.2) is 83.3 Å². The first-order valence-corrected chi connectivity index (χ1v) is 12.1. The van der Waals surface area contributed by atoms with Crippen LogP contribution in [-0.4, -0.2) is 33.7 Å². The molecule has 1 saturated heterocycles. The first kappa shape index (κ1) is 26.5. The SMILES string of the molecule is COc1ccccc1-c1[nH]n(-c2ccc(C)cc2)c(=O)c1C=C1NC(=O)N(Cc2cccc(C(F)(F)F)c2)C1=O. The number of ether oxygens (including phenoxy) is 1. The maximum atomic E-state index is 13.6. The summed E-state index contributed by atoms with van der Waals surface area (Å²) >= 11 is 0. The Bertz CT molecular complexity index is 1700. The van der Waals surface area contributed by atoms with Gasteiger partial charge in [0.15, 0.2) is 0 Å². The van der Waals surface area contributed by atoms with E-state index in [1.807, 2.05) is 19.1 Å². The lowest BCUT2D eigenvalue weighted by Crippen LogP contribution is -2.30. The number of alkyl halides is 3. The molecule has 4 aromatic rings. The Morgan fingerprint density at radius 3 is 2.38 bits per heavy atom. The number of hydrogen-bond acceptors (Lipinski definition) is 4. The molecular weight excluding hydrogens is 525 g/mol. The number of para-hydroxylation sites is 1. The van der Waals surface area contributed by atoms with Crippen LogP contribution in [0.2, 0.25) is 0 Å². The third kappa shape index (κ3) is 5.00. The number of imide groups is 1. The number of aromatic nitrogens is 2. The van der Waals surface area contributed by atoms with Gasteiger partial charge in [-0.3, -0.25) is 19.6 Å². The Morgan fingerprint density at radius 2 is 1.68 bits per heavy atom. The van der Waals surface area contributed by atoms with Crippen molar-refractivity contribution in [3.8, 4) is 22.7 Å². The molecule has 11 heteroatoms. The summed E-state index contributed by atoms with van der Waals surface area (Å²) in [6, 6.07) is 17.8. The summed E-state index contributed by atoms with van der Waals surface area (Å²) in [7, 11) is 1.48. The molecule has 3 aromatic carbocycles. The Morgan fingerprint density at radius 1 is 0.950 bits per heavy atom. The molecule has 204 valence electrons. The largest absolute Gasteiger partial charge is 0.496 e. The van der Waals surface area contributed by atoms with E-state index in [-0.39, 0.29) is 23.4 Å². The normalized spacial score (nSPS) is 14.6. The number of carbonyl (C=O) groups is 2. The van der Waals surface area contributed by atoms with E-state index in [9.17, 15) is 27.6 Å². The van der Waals surface area contributed by atoms with Crippen LogP contribution in [0.1, 0.15) is 22.3 Å². The molecule has 2 heterocycles. The van der Waals surface area contributed by atoms with Crippen molar-refractivity contribution in [2.24, 2.45) is 0 Å². The number of H-pyrrole nitrogens is 1. The van der Waals surface area contributed by atoms with E-state index in [0.717, 1.165) is 22.6 Å². The topological polar surface area (TPSA) is 96.4 Å². The highest BCUT2D eigenvalue weighted by molar-refractivity contribution is 6.14. The first-order valence-electron chi connectivity index (χ1n) is 12.1. The van der Waals surface area contributed by atoms with Crippen molar-refractivity contribution in [1.82, 2.24) is 20.0 Å². The highest BCUT2D eigenvalue weighted by Crippen LogP contribution is 2.32. The minimum absolute atomic E-state index is 0.0784. The van der Waals surface area contributed by atoms with Gasteiger partial charge in [-0.25, -0.2) is 9.48 Å². The van der Waals surface area contributed by atoms with E-state index >= 15 is 0 Å². The van der Waals surface area contributed by atoms with Crippen molar-refractivity contribution in [1.29, 1.82) is 0 Å². The predicted octanol–water partition coefficient (Wildman–Crippen LogP) is 5.26. The number of benzene rings is 3. The summed E-state index contributed by atoms with van der Waals surface area (Å²) in [5.41, 5.74) is 1.05. The average molecular weight is 549 g/mol. The Balaban J connectivity index is 1.56. The number of aromatic amines is 1. The molecule has 0 unspecified atom stereocenters. The number of nitrogens with zero attached hydrogens (tertiary/aromatic N) is 2. The second-order valence-electron chi connectivity index (χ2n) is 9.15. The maximum absolute atomic E-state index is 13.6. The number of methoxy groups -OCH3 is 1. The minimum Gasteiger partial charge on any atom is -0.496 e. The molecule has 0 saturated carbocycles. The molecule has 0 spiro atoms. The number of carbonyl (C=O) groups excluding carboxylic acids is 2. The predicted molar refractivity (Wildman–Crippen MR) is 142 cm³/mol. The maximum Gasteiger partial charge on any atom is 0.416 e. The molecule has 40 heavy (non-hydrogen) atoms. The number of nitrogens with one attached hydrogen (secondary N) is 2. The molecule has 1 fully saturated rings. The molecule has 3 amide bonds. The van der Waals surface area contributed by atoms with Gasteiger partial charge >= 0.3 is 12.2 Å². The highest BCUT2D eigenvalue weighted by Gasteiger charge is 2.35. The second-order valence-corrected chi connectivity index (χ2v) is 9.15. The van der Waals surface area contributed by atoms with E-state index in [2.05, 4.69) is 10.4 Å². The van der Waals surface area contributed by atoms with Gasteiger partial charge < -0.3 is 10.1 Å². The van der Waals surface area contributed by atoms with E-state index in [1.54, 1.807) is 36.4 Å². The average Bonchev–Trinajstić information content (AvgIpc) is 3.39. The summed E-state index contributed by atoms with van der Waals surface area (Å²) in [6.45, 7) is 1.53. The molecule has 1 aliphatic rings. The van der Waals surface area contributed by atoms with E-state index in [4.69, 9.17) is 4.74 Å². The molecule has 1 aliphatic heterocycles. The smallest absolute Gasteiger partial charge is 0.416 e. The van der Waals surface area contributed by atoms with Gasteiger partial charge in [0.2, 0.25) is 0 Å². The summed E-state index contributed by atoms with van der Waals surface area (Å²) in [4.78, 5) is 40.3. The van der Waals surface area contributed by atoms with Crippen LogP contribution in [0.3, 0.4) is 0 Å². The third-order valence-electron chi connectivity index (χ3n) is 6.44. The molecule has 2 N–H and O–H groups in total. The van der Waals surface area contributed by atoms with Gasteiger partial charge in [0.05, 0.1) is 36.2 Å². The Hall–Kier alpha value is -5.06. The fourth-order valence-corrected chi connectivity index (χ4v) is 4.40. The Kier molecular flexibility index (Phi) is 6.80. The second kappa shape index (κ2) is 10.3. The molecule has 0 aliphatic carbocycles. The third-order valence-corrected chi connectivity index (χ3v) is 6.44. The number of urea groups is 1. The van der Waals surface area contributed by atoms with Crippen LogP contribution in [0, 0.1) is 6.92 Å². The standard InChI is InChI=1S/C29H23F3N4O4/c1-17-10-12-20(13-11-17)36-26(37)22(25(34-36)21-8-3-4-9-24(21)40-2)15-23-27(38)35(28(39)33-23)16-18-6-5-7-19(14-18)29(30,31)32/h3-15,34H,16H2,1-2H3,(H,33,39). The van der Waals surface area contributed by atoms with Crippen molar-refractivity contribution in [3.63, 3.8) is 0 Å². The van der Waals surface area contributed by atoms with E-state index in [1.165, 1.54) is 30.0 Å². The number of halogens is 3. The van der Waals surface area contributed by atoms with Gasteiger partial charge in [-0.05, 0) is 55.0 Å². The van der Waals surface area contributed by atoms with Crippen LogP contribution >= 0.6 is 0 Å². The lowest BCUT2D eigenvalue weighted by atomic mass is 10.1. The zero-order valence-electron chi connectivity index (χ0n) is 21.4. The monoisotopic (exact) mass is 548 g/mol. The highest BCUT2D eigenvalue weighted by atomic mass is 19.4. The number of rotatable bonds is 6. The van der Waals surface area contributed by atoms with Crippen molar-refractivity contribution in [2.75, 3.05) is 7.11 Å². The number of amides is 3. The molecule has 0 bridgehead atoms. The van der Waals surface area contributed by atoms with Crippen LogP contribution in [0.4, 0.5) is 18.0 Å². The van der Waals surface area contributed by atoms with Gasteiger partial charge in [0.25, 0.3) is 11.5 Å². The number of hydrogen-bond donors (Lipinski definition) is 2. The lowest BCUT2D eigenvalue weighted by molar-refractivity contribution is -0.137. The molecule has 0 radical (unpaired) electrons. The molecule has 8 nitrogen and oxygen atoms in total. The van der Waals surface area contributed by atoms with Gasteiger partial charge in [0, 0.05) is 5.56 Å². The van der Waals surface area contributed by atoms with Crippen LogP contribution < -0.4 is 15.6 Å². The van der Waals surface area contributed by atoms with Gasteiger partial charge in [-0.15, -0.1) is 0 Å². The first-order chi connectivity index (χ1) is 19.1. The van der Waals surface area contributed by atoms with Crippen molar-refractivity contribution in [3.05, 3.63) is 111 Å². The minimum atomic E-state index is -4.57.